The first-order valence-electron chi connectivity index (χ1n) is 8.10. The Kier molecular flexibility index (Phi) is 6.15. The molecule has 1 fully saturated rings. The SMILES string of the molecule is O[C@H](/C=C/COCc1ccccc1)[C@H]1O[C@@H]1OCc1ccccc1. The summed E-state index contributed by atoms with van der Waals surface area (Å²) in [5.41, 5.74) is 2.22. The molecule has 0 amide bonds. The molecule has 1 aliphatic heterocycles. The molecular weight excluding hydrogens is 304 g/mol. The van der Waals surface area contributed by atoms with Crippen molar-refractivity contribution < 1.29 is 19.3 Å². The molecule has 3 atom stereocenters. The number of hydrogen-bond acceptors (Lipinski definition) is 4. The summed E-state index contributed by atoms with van der Waals surface area (Å²) in [5, 5.41) is 10.0. The molecule has 0 aromatic heterocycles. The van der Waals surface area contributed by atoms with Crippen molar-refractivity contribution in [1.29, 1.82) is 0 Å². The zero-order valence-electron chi connectivity index (χ0n) is 13.5. The van der Waals surface area contributed by atoms with Crippen molar-refractivity contribution in [3.63, 3.8) is 0 Å². The van der Waals surface area contributed by atoms with Gasteiger partial charge in [-0.15, -0.1) is 0 Å². The van der Waals surface area contributed by atoms with Crippen LogP contribution in [0.25, 0.3) is 0 Å². The minimum atomic E-state index is -0.675. The topological polar surface area (TPSA) is 51.2 Å². The largest absolute Gasteiger partial charge is 0.386 e. The van der Waals surface area contributed by atoms with Crippen molar-refractivity contribution >= 4 is 0 Å². The molecule has 0 saturated carbocycles. The van der Waals surface area contributed by atoms with E-state index >= 15 is 0 Å². The molecule has 1 heterocycles. The van der Waals surface area contributed by atoms with Gasteiger partial charge in [0.2, 0.25) is 0 Å². The van der Waals surface area contributed by atoms with Gasteiger partial charge in [0.05, 0.1) is 19.8 Å². The summed E-state index contributed by atoms with van der Waals surface area (Å²) in [7, 11) is 0. The summed E-state index contributed by atoms with van der Waals surface area (Å²) in [6.07, 6.45) is 2.20. The van der Waals surface area contributed by atoms with Gasteiger partial charge in [0, 0.05) is 0 Å². The van der Waals surface area contributed by atoms with E-state index in [1.165, 1.54) is 0 Å². The van der Waals surface area contributed by atoms with Crippen LogP contribution in [0.3, 0.4) is 0 Å². The van der Waals surface area contributed by atoms with Gasteiger partial charge in [-0.1, -0.05) is 72.8 Å². The average Bonchev–Trinajstić information content (AvgIpc) is 3.41. The monoisotopic (exact) mass is 326 g/mol. The summed E-state index contributed by atoms with van der Waals surface area (Å²) in [5.74, 6) is 0. The lowest BCUT2D eigenvalue weighted by atomic mass is 10.2. The van der Waals surface area contributed by atoms with Crippen LogP contribution >= 0.6 is 0 Å². The first kappa shape index (κ1) is 16.9. The van der Waals surface area contributed by atoms with Crippen LogP contribution in [-0.2, 0) is 27.4 Å². The second-order valence-corrected chi connectivity index (χ2v) is 5.69. The Hall–Kier alpha value is -1.98. The fraction of sp³-hybridized carbons (Fsp3) is 0.300. The maximum Gasteiger partial charge on any atom is 0.187 e. The zero-order chi connectivity index (χ0) is 16.6. The summed E-state index contributed by atoms with van der Waals surface area (Å²) < 4.78 is 16.5. The molecule has 0 unspecified atom stereocenters. The Balaban J connectivity index is 1.30. The normalized spacial score (nSPS) is 21.0. The molecule has 1 aliphatic rings. The van der Waals surface area contributed by atoms with Gasteiger partial charge in [0.25, 0.3) is 0 Å². The Labute approximate surface area is 142 Å². The number of rotatable bonds is 9. The number of aliphatic hydroxyl groups is 1. The molecule has 0 bridgehead atoms. The molecule has 1 saturated heterocycles. The van der Waals surface area contributed by atoms with Crippen LogP contribution in [-0.4, -0.2) is 30.2 Å². The van der Waals surface area contributed by atoms with Gasteiger partial charge in [0.1, 0.15) is 12.2 Å². The van der Waals surface area contributed by atoms with Gasteiger partial charge >= 0.3 is 0 Å². The fourth-order valence-corrected chi connectivity index (χ4v) is 2.36. The Morgan fingerprint density at radius 1 is 0.958 bits per heavy atom. The van der Waals surface area contributed by atoms with Crippen molar-refractivity contribution in [3.05, 3.63) is 83.9 Å². The number of epoxide rings is 1. The lowest BCUT2D eigenvalue weighted by Gasteiger charge is -2.03. The fourth-order valence-electron chi connectivity index (χ4n) is 2.36. The van der Waals surface area contributed by atoms with Crippen LogP contribution in [0.1, 0.15) is 11.1 Å². The van der Waals surface area contributed by atoms with E-state index in [1.807, 2.05) is 66.7 Å². The van der Waals surface area contributed by atoms with Crippen LogP contribution in [0.2, 0.25) is 0 Å². The maximum absolute atomic E-state index is 10.0. The average molecular weight is 326 g/mol. The molecule has 4 nitrogen and oxygen atoms in total. The highest BCUT2D eigenvalue weighted by Gasteiger charge is 2.44. The molecule has 2 aromatic rings. The first-order valence-corrected chi connectivity index (χ1v) is 8.10. The van der Waals surface area contributed by atoms with Crippen LogP contribution in [0, 0.1) is 0 Å². The summed E-state index contributed by atoms with van der Waals surface area (Å²) in [6, 6.07) is 19.9. The summed E-state index contributed by atoms with van der Waals surface area (Å²) >= 11 is 0. The van der Waals surface area contributed by atoms with Crippen molar-refractivity contribution in [1.82, 2.24) is 0 Å². The smallest absolute Gasteiger partial charge is 0.187 e. The number of ether oxygens (including phenoxy) is 3. The van der Waals surface area contributed by atoms with Gasteiger partial charge in [0.15, 0.2) is 6.29 Å². The third-order valence-electron chi connectivity index (χ3n) is 3.74. The molecule has 24 heavy (non-hydrogen) atoms. The molecule has 2 aromatic carbocycles. The number of hydrogen-bond donors (Lipinski definition) is 1. The molecule has 4 heteroatoms. The van der Waals surface area contributed by atoms with Crippen LogP contribution in [0.5, 0.6) is 0 Å². The van der Waals surface area contributed by atoms with Crippen LogP contribution in [0.15, 0.2) is 72.8 Å². The molecule has 1 N–H and O–H groups in total. The minimum Gasteiger partial charge on any atom is -0.386 e. The third-order valence-corrected chi connectivity index (χ3v) is 3.74. The van der Waals surface area contributed by atoms with Gasteiger partial charge in [-0.05, 0) is 11.1 Å². The highest BCUT2D eigenvalue weighted by atomic mass is 16.8. The van der Waals surface area contributed by atoms with Gasteiger partial charge in [-0.2, -0.15) is 0 Å². The standard InChI is InChI=1S/C20H22O4/c21-18(12-7-13-22-14-16-8-3-1-4-9-16)19-20(24-19)23-15-17-10-5-2-6-11-17/h1-12,18-21H,13-15H2/b12-7+/t18-,19-,20+/m1/s1. The van der Waals surface area contributed by atoms with E-state index in [-0.39, 0.29) is 12.4 Å². The van der Waals surface area contributed by atoms with E-state index in [9.17, 15) is 5.11 Å². The van der Waals surface area contributed by atoms with Crippen molar-refractivity contribution in [3.8, 4) is 0 Å². The maximum atomic E-state index is 10.0. The highest BCUT2D eigenvalue weighted by molar-refractivity contribution is 5.14. The second-order valence-electron chi connectivity index (χ2n) is 5.69. The number of aliphatic hydroxyl groups excluding tert-OH is 1. The van der Waals surface area contributed by atoms with Crippen molar-refractivity contribution in [2.45, 2.75) is 31.7 Å². The zero-order valence-corrected chi connectivity index (χ0v) is 13.5. The van der Waals surface area contributed by atoms with E-state index in [0.29, 0.717) is 19.8 Å². The van der Waals surface area contributed by atoms with E-state index in [1.54, 1.807) is 6.08 Å². The summed E-state index contributed by atoms with van der Waals surface area (Å²) in [6.45, 7) is 1.50. The highest BCUT2D eigenvalue weighted by Crippen LogP contribution is 2.28. The molecule has 126 valence electrons. The van der Waals surface area contributed by atoms with E-state index < -0.39 is 6.10 Å². The lowest BCUT2D eigenvalue weighted by Crippen LogP contribution is -2.15. The molecule has 0 radical (unpaired) electrons. The molecule has 0 spiro atoms. The Morgan fingerprint density at radius 3 is 2.25 bits per heavy atom. The van der Waals surface area contributed by atoms with Gasteiger partial charge < -0.3 is 19.3 Å². The predicted octanol–water partition coefficient (Wildman–Crippen LogP) is 3.06. The van der Waals surface area contributed by atoms with E-state index in [2.05, 4.69) is 0 Å². The van der Waals surface area contributed by atoms with Crippen LogP contribution in [0.4, 0.5) is 0 Å². The lowest BCUT2D eigenvalue weighted by molar-refractivity contribution is 0.0384. The molecule has 3 rings (SSSR count). The Bertz CT molecular complexity index is 627. The van der Waals surface area contributed by atoms with E-state index in [0.717, 1.165) is 11.1 Å². The van der Waals surface area contributed by atoms with Gasteiger partial charge in [-0.25, -0.2) is 0 Å². The molecule has 0 aliphatic carbocycles. The minimum absolute atomic E-state index is 0.293. The number of benzene rings is 2. The third kappa shape index (κ3) is 5.28. The first-order chi connectivity index (χ1) is 11.8. The summed E-state index contributed by atoms with van der Waals surface area (Å²) in [4.78, 5) is 0. The van der Waals surface area contributed by atoms with Crippen molar-refractivity contribution in [2.24, 2.45) is 0 Å². The predicted molar refractivity (Wildman–Crippen MR) is 91.1 cm³/mol. The van der Waals surface area contributed by atoms with Gasteiger partial charge in [-0.3, -0.25) is 0 Å². The molecular formula is C20H22O4. The quantitative estimate of drug-likeness (QED) is 0.437. The van der Waals surface area contributed by atoms with Crippen LogP contribution < -0.4 is 0 Å². The second kappa shape index (κ2) is 8.76. The van der Waals surface area contributed by atoms with Crippen molar-refractivity contribution in [2.75, 3.05) is 6.61 Å². The van der Waals surface area contributed by atoms with E-state index in [4.69, 9.17) is 14.2 Å². The Morgan fingerprint density at radius 2 is 1.58 bits per heavy atom.